The Morgan fingerprint density at radius 2 is 2.00 bits per heavy atom. The van der Waals surface area contributed by atoms with Crippen molar-refractivity contribution in [2.75, 3.05) is 18.5 Å². The van der Waals surface area contributed by atoms with Crippen LogP contribution in [0.3, 0.4) is 0 Å². The predicted molar refractivity (Wildman–Crippen MR) is 89.8 cm³/mol. The number of hydrogen-bond donors (Lipinski definition) is 4. The molecule has 1 aromatic heterocycles. The monoisotopic (exact) mass is 350 g/mol. The summed E-state index contributed by atoms with van der Waals surface area (Å²) in [6.45, 7) is 1.15. The number of rotatable bonds is 1. The summed E-state index contributed by atoms with van der Waals surface area (Å²) in [5.41, 5.74) is 2.73. The van der Waals surface area contributed by atoms with Gasteiger partial charge in [-0.05, 0) is 29.7 Å². The van der Waals surface area contributed by atoms with E-state index in [2.05, 4.69) is 10.3 Å². The number of carboxylic acid groups (broad SMARTS) is 1. The molecule has 0 bridgehead atoms. The number of benzene rings is 1. The molecule has 0 aliphatic carbocycles. The van der Waals surface area contributed by atoms with E-state index < -0.39 is 22.8 Å². The topological polar surface area (TPSA) is 112 Å². The van der Waals surface area contributed by atoms with Gasteiger partial charge in [-0.1, -0.05) is 0 Å². The molecule has 0 unspecified atom stereocenters. The van der Waals surface area contributed by atoms with Crippen molar-refractivity contribution in [3.05, 3.63) is 39.2 Å². The minimum atomic E-state index is -1.49. The van der Waals surface area contributed by atoms with E-state index in [0.717, 1.165) is 35.3 Å². The number of carbonyl (C=O) groups is 1. The number of aromatic amines is 1. The molecule has 24 heavy (non-hydrogen) atoms. The number of pyridine rings is 1. The third-order valence-corrected chi connectivity index (χ3v) is 4.28. The van der Waals surface area contributed by atoms with Crippen LogP contribution in [0.4, 0.5) is 5.69 Å². The van der Waals surface area contributed by atoms with E-state index in [1.54, 1.807) is 0 Å². The summed E-state index contributed by atoms with van der Waals surface area (Å²) < 4.78 is 5.54. The van der Waals surface area contributed by atoms with Gasteiger partial charge in [0.1, 0.15) is 0 Å². The number of nitrogens with one attached hydrogen (secondary N) is 2. The van der Waals surface area contributed by atoms with Crippen LogP contribution in [0, 0.1) is 0 Å². The molecule has 2 aromatic rings. The van der Waals surface area contributed by atoms with Crippen molar-refractivity contribution in [2.45, 2.75) is 12.8 Å². The van der Waals surface area contributed by atoms with Crippen molar-refractivity contribution in [2.24, 2.45) is 0 Å². The summed E-state index contributed by atoms with van der Waals surface area (Å²) in [5.74, 6) is -2.09. The summed E-state index contributed by atoms with van der Waals surface area (Å²) in [6, 6.07) is 3.99. The molecule has 4 rings (SSSR count). The number of hydrogen-bond acceptors (Lipinski definition) is 5. The van der Waals surface area contributed by atoms with Crippen LogP contribution in [0.5, 0.6) is 11.5 Å². The number of carboxylic acids is 1. The Kier molecular flexibility index (Phi) is 3.88. The molecule has 0 radical (unpaired) electrons. The third kappa shape index (κ3) is 2.28. The van der Waals surface area contributed by atoms with E-state index in [4.69, 9.17) is 9.84 Å². The van der Waals surface area contributed by atoms with Gasteiger partial charge in [-0.25, -0.2) is 4.79 Å². The van der Waals surface area contributed by atoms with E-state index in [1.165, 1.54) is 0 Å². The summed E-state index contributed by atoms with van der Waals surface area (Å²) in [6.07, 6.45) is 1.48. The van der Waals surface area contributed by atoms with Crippen molar-refractivity contribution in [1.82, 2.24) is 4.98 Å². The molecule has 0 saturated heterocycles. The molecule has 2 aliphatic rings. The maximum atomic E-state index is 12.0. The van der Waals surface area contributed by atoms with Gasteiger partial charge in [-0.3, -0.25) is 4.79 Å². The SMILES string of the molecule is Cl.O=C(O)c1c(O)c2c([nH]c1=O)-c1cc3c(cc1CCO2)NCC3. The Morgan fingerprint density at radius 1 is 1.21 bits per heavy atom. The van der Waals surface area contributed by atoms with Crippen LogP contribution in [-0.4, -0.2) is 34.3 Å². The average molecular weight is 351 g/mol. The number of H-pyrrole nitrogens is 1. The van der Waals surface area contributed by atoms with E-state index in [9.17, 15) is 14.7 Å². The lowest BCUT2D eigenvalue weighted by Gasteiger charge is -2.12. The predicted octanol–water partition coefficient (Wildman–Crippen LogP) is 1.77. The number of aromatic nitrogens is 1. The maximum absolute atomic E-state index is 12.0. The molecule has 126 valence electrons. The van der Waals surface area contributed by atoms with Gasteiger partial charge in [0.2, 0.25) is 0 Å². The van der Waals surface area contributed by atoms with Gasteiger partial charge in [0, 0.05) is 24.2 Å². The highest BCUT2D eigenvalue weighted by Crippen LogP contribution is 2.42. The fourth-order valence-corrected chi connectivity index (χ4v) is 3.20. The van der Waals surface area contributed by atoms with Crippen LogP contribution in [0.15, 0.2) is 16.9 Å². The Hall–Kier alpha value is -2.67. The van der Waals surface area contributed by atoms with Gasteiger partial charge in [0.25, 0.3) is 5.56 Å². The first-order valence-electron chi connectivity index (χ1n) is 7.31. The quantitative estimate of drug-likeness (QED) is 0.623. The molecule has 1 aromatic carbocycles. The zero-order chi connectivity index (χ0) is 16.1. The number of anilines is 1. The van der Waals surface area contributed by atoms with Crippen molar-refractivity contribution < 1.29 is 19.7 Å². The first-order chi connectivity index (χ1) is 11.1. The van der Waals surface area contributed by atoms with E-state index >= 15 is 0 Å². The second-order valence-corrected chi connectivity index (χ2v) is 5.63. The van der Waals surface area contributed by atoms with Crippen molar-refractivity contribution in [3.8, 4) is 22.8 Å². The highest BCUT2D eigenvalue weighted by atomic mass is 35.5. The summed E-state index contributed by atoms with van der Waals surface area (Å²) in [4.78, 5) is 25.8. The van der Waals surface area contributed by atoms with Gasteiger partial charge >= 0.3 is 5.97 Å². The second kappa shape index (κ2) is 5.76. The fraction of sp³-hybridized carbons (Fsp3) is 0.250. The number of fused-ring (bicyclic) bond motifs is 4. The Balaban J connectivity index is 0.00000169. The molecule has 0 fully saturated rings. The lowest BCUT2D eigenvalue weighted by molar-refractivity contribution is 0.0690. The maximum Gasteiger partial charge on any atom is 0.345 e. The number of aromatic hydroxyl groups is 1. The minimum absolute atomic E-state index is 0. The van der Waals surface area contributed by atoms with Gasteiger partial charge in [0.05, 0.1) is 12.3 Å². The smallest absolute Gasteiger partial charge is 0.345 e. The van der Waals surface area contributed by atoms with Crippen LogP contribution in [0.2, 0.25) is 0 Å². The summed E-state index contributed by atoms with van der Waals surface area (Å²) in [5, 5.41) is 22.6. The van der Waals surface area contributed by atoms with Gasteiger partial charge in [0.15, 0.2) is 17.1 Å². The standard InChI is InChI=1S/C16H14N2O5.ClH/c19-13-11(16(21)22)15(20)18-12-9-5-8-1-3-17-10(8)6-7(9)2-4-23-14(12)13;/h5-6,17H,1-4H2,(H,21,22)(H2,18,19,20);1H. The summed E-state index contributed by atoms with van der Waals surface area (Å²) in [7, 11) is 0. The van der Waals surface area contributed by atoms with Crippen LogP contribution in [0.1, 0.15) is 21.5 Å². The number of halogens is 1. The molecule has 7 nitrogen and oxygen atoms in total. The molecule has 2 aliphatic heterocycles. The normalized spacial score (nSPS) is 14.2. The van der Waals surface area contributed by atoms with Crippen molar-refractivity contribution in [3.63, 3.8) is 0 Å². The van der Waals surface area contributed by atoms with E-state index in [-0.39, 0.29) is 24.8 Å². The van der Waals surface area contributed by atoms with Gasteiger partial charge in [-0.2, -0.15) is 0 Å². The molecule has 3 heterocycles. The van der Waals surface area contributed by atoms with E-state index in [1.807, 2.05) is 12.1 Å². The molecule has 8 heteroatoms. The highest BCUT2D eigenvalue weighted by molar-refractivity contribution is 5.93. The molecule has 0 atom stereocenters. The second-order valence-electron chi connectivity index (χ2n) is 5.63. The zero-order valence-electron chi connectivity index (χ0n) is 12.5. The van der Waals surface area contributed by atoms with Crippen LogP contribution in [-0.2, 0) is 12.8 Å². The molecular weight excluding hydrogens is 336 g/mol. The van der Waals surface area contributed by atoms with Crippen LogP contribution in [0.25, 0.3) is 11.3 Å². The minimum Gasteiger partial charge on any atom is -0.503 e. The third-order valence-electron chi connectivity index (χ3n) is 4.28. The lowest BCUT2D eigenvalue weighted by Crippen LogP contribution is -2.19. The Labute approximate surface area is 142 Å². The molecule has 0 saturated carbocycles. The number of aromatic carboxylic acids is 1. The largest absolute Gasteiger partial charge is 0.503 e. The average Bonchev–Trinajstić information content (AvgIpc) is 2.87. The van der Waals surface area contributed by atoms with Crippen LogP contribution >= 0.6 is 12.4 Å². The first kappa shape index (κ1) is 16.2. The Bertz CT molecular complexity index is 906. The van der Waals surface area contributed by atoms with Crippen molar-refractivity contribution >= 4 is 24.1 Å². The van der Waals surface area contributed by atoms with Gasteiger partial charge < -0.3 is 25.3 Å². The van der Waals surface area contributed by atoms with Crippen LogP contribution < -0.4 is 15.6 Å². The fourth-order valence-electron chi connectivity index (χ4n) is 3.20. The highest BCUT2D eigenvalue weighted by Gasteiger charge is 2.28. The first-order valence-corrected chi connectivity index (χ1v) is 7.31. The molecule has 4 N–H and O–H groups in total. The van der Waals surface area contributed by atoms with E-state index in [0.29, 0.717) is 12.1 Å². The molecular formula is C16H15ClN2O5. The van der Waals surface area contributed by atoms with Gasteiger partial charge in [-0.15, -0.1) is 12.4 Å². The molecule has 0 spiro atoms. The zero-order valence-corrected chi connectivity index (χ0v) is 13.3. The lowest BCUT2D eigenvalue weighted by atomic mass is 9.97. The number of ether oxygens (including phenoxy) is 1. The molecule has 0 amide bonds. The Morgan fingerprint density at radius 3 is 2.75 bits per heavy atom. The van der Waals surface area contributed by atoms with Crippen molar-refractivity contribution in [1.29, 1.82) is 0 Å². The summed E-state index contributed by atoms with van der Waals surface area (Å²) >= 11 is 0.